The van der Waals surface area contributed by atoms with Crippen LogP contribution in [0.2, 0.25) is 0 Å². The summed E-state index contributed by atoms with van der Waals surface area (Å²) < 4.78 is 16.2. The van der Waals surface area contributed by atoms with Gasteiger partial charge in [0, 0.05) is 12.2 Å². The SMILES string of the molecule is COc1ccc(C(=O)OC2CCCN(c3ccccc3)C2)cc1OC. The van der Waals surface area contributed by atoms with E-state index in [4.69, 9.17) is 14.2 Å². The minimum Gasteiger partial charge on any atom is -0.493 e. The number of piperidine rings is 1. The fourth-order valence-electron chi connectivity index (χ4n) is 3.09. The number of hydrogen-bond donors (Lipinski definition) is 0. The minimum absolute atomic E-state index is 0.116. The Bertz CT molecular complexity index is 717. The maximum absolute atomic E-state index is 12.5. The van der Waals surface area contributed by atoms with Crippen molar-refractivity contribution in [2.75, 3.05) is 32.2 Å². The van der Waals surface area contributed by atoms with Gasteiger partial charge in [-0.15, -0.1) is 0 Å². The van der Waals surface area contributed by atoms with Crippen LogP contribution in [0.4, 0.5) is 5.69 Å². The topological polar surface area (TPSA) is 48.0 Å². The van der Waals surface area contributed by atoms with Crippen molar-refractivity contribution in [3.63, 3.8) is 0 Å². The summed E-state index contributed by atoms with van der Waals surface area (Å²) in [5.74, 6) is 0.777. The number of para-hydroxylation sites is 1. The molecule has 3 rings (SSSR count). The lowest BCUT2D eigenvalue weighted by Crippen LogP contribution is -2.40. The third-order valence-corrected chi connectivity index (χ3v) is 4.39. The summed E-state index contributed by atoms with van der Waals surface area (Å²) >= 11 is 0. The van der Waals surface area contributed by atoms with Crippen molar-refractivity contribution in [1.82, 2.24) is 0 Å². The third kappa shape index (κ3) is 4.05. The van der Waals surface area contributed by atoms with Crippen LogP contribution in [-0.4, -0.2) is 39.4 Å². The predicted molar refractivity (Wildman–Crippen MR) is 96.6 cm³/mol. The van der Waals surface area contributed by atoms with Gasteiger partial charge < -0.3 is 19.1 Å². The van der Waals surface area contributed by atoms with Gasteiger partial charge in [-0.2, -0.15) is 0 Å². The predicted octanol–water partition coefficient (Wildman–Crippen LogP) is 3.53. The number of ether oxygens (including phenoxy) is 3. The summed E-state index contributed by atoms with van der Waals surface area (Å²) in [5.41, 5.74) is 1.63. The second kappa shape index (κ2) is 7.92. The molecule has 1 heterocycles. The third-order valence-electron chi connectivity index (χ3n) is 4.39. The van der Waals surface area contributed by atoms with Gasteiger partial charge in [0.1, 0.15) is 6.10 Å². The van der Waals surface area contributed by atoms with Crippen molar-refractivity contribution in [1.29, 1.82) is 0 Å². The van der Waals surface area contributed by atoms with Crippen LogP contribution in [0.1, 0.15) is 23.2 Å². The monoisotopic (exact) mass is 341 g/mol. The molecule has 2 aromatic carbocycles. The first-order valence-electron chi connectivity index (χ1n) is 8.44. The molecular weight excluding hydrogens is 318 g/mol. The molecular formula is C20H23NO4. The van der Waals surface area contributed by atoms with Crippen LogP contribution in [0, 0.1) is 0 Å². The molecule has 1 unspecified atom stereocenters. The van der Waals surface area contributed by atoms with Crippen molar-refractivity contribution in [3.05, 3.63) is 54.1 Å². The molecule has 1 fully saturated rings. The van der Waals surface area contributed by atoms with Crippen molar-refractivity contribution in [2.45, 2.75) is 18.9 Å². The van der Waals surface area contributed by atoms with E-state index >= 15 is 0 Å². The molecule has 2 aromatic rings. The maximum Gasteiger partial charge on any atom is 0.338 e. The van der Waals surface area contributed by atoms with Crippen LogP contribution in [0.5, 0.6) is 11.5 Å². The molecule has 0 N–H and O–H groups in total. The fourth-order valence-corrected chi connectivity index (χ4v) is 3.09. The van der Waals surface area contributed by atoms with Crippen molar-refractivity contribution in [2.24, 2.45) is 0 Å². The lowest BCUT2D eigenvalue weighted by Gasteiger charge is -2.34. The van der Waals surface area contributed by atoms with E-state index < -0.39 is 0 Å². The summed E-state index contributed by atoms with van der Waals surface area (Å²) in [6, 6.07) is 15.3. The number of carbonyl (C=O) groups excluding carboxylic acids is 1. The number of hydrogen-bond acceptors (Lipinski definition) is 5. The summed E-state index contributed by atoms with van der Waals surface area (Å²) in [5, 5.41) is 0. The number of anilines is 1. The van der Waals surface area contributed by atoms with Gasteiger partial charge in [0.05, 0.1) is 26.3 Å². The zero-order valence-electron chi connectivity index (χ0n) is 14.6. The molecule has 0 spiro atoms. The van der Waals surface area contributed by atoms with E-state index in [0.717, 1.165) is 25.1 Å². The summed E-state index contributed by atoms with van der Waals surface area (Å²) in [7, 11) is 3.11. The lowest BCUT2D eigenvalue weighted by atomic mass is 10.1. The molecule has 1 aliphatic heterocycles. The van der Waals surface area contributed by atoms with Crippen LogP contribution < -0.4 is 14.4 Å². The summed E-state index contributed by atoms with van der Waals surface area (Å²) in [6.45, 7) is 1.69. The maximum atomic E-state index is 12.5. The van der Waals surface area contributed by atoms with E-state index in [1.807, 2.05) is 18.2 Å². The molecule has 25 heavy (non-hydrogen) atoms. The van der Waals surface area contributed by atoms with Crippen LogP contribution in [0.25, 0.3) is 0 Å². The largest absolute Gasteiger partial charge is 0.493 e. The Kier molecular flexibility index (Phi) is 5.43. The van der Waals surface area contributed by atoms with Gasteiger partial charge in [0.15, 0.2) is 11.5 Å². The van der Waals surface area contributed by atoms with Gasteiger partial charge in [-0.25, -0.2) is 4.79 Å². The van der Waals surface area contributed by atoms with Crippen molar-refractivity contribution >= 4 is 11.7 Å². The van der Waals surface area contributed by atoms with E-state index in [9.17, 15) is 4.79 Å². The highest BCUT2D eigenvalue weighted by atomic mass is 16.5. The second-order valence-corrected chi connectivity index (χ2v) is 6.02. The first-order chi connectivity index (χ1) is 12.2. The number of rotatable bonds is 5. The fraction of sp³-hybridized carbons (Fsp3) is 0.350. The number of carbonyl (C=O) groups is 1. The van der Waals surface area contributed by atoms with E-state index in [2.05, 4.69) is 17.0 Å². The Morgan fingerprint density at radius 3 is 2.52 bits per heavy atom. The van der Waals surface area contributed by atoms with E-state index in [-0.39, 0.29) is 12.1 Å². The Morgan fingerprint density at radius 1 is 1.04 bits per heavy atom. The van der Waals surface area contributed by atoms with Crippen molar-refractivity contribution in [3.8, 4) is 11.5 Å². The van der Waals surface area contributed by atoms with Crippen LogP contribution in [0.15, 0.2) is 48.5 Å². The van der Waals surface area contributed by atoms with Gasteiger partial charge in [0.2, 0.25) is 0 Å². The standard InChI is InChI=1S/C20H23NO4/c1-23-18-11-10-15(13-19(18)24-2)20(22)25-17-9-6-12-21(14-17)16-7-4-3-5-8-16/h3-5,7-8,10-11,13,17H,6,9,12,14H2,1-2H3. The highest BCUT2D eigenvalue weighted by molar-refractivity contribution is 5.90. The van der Waals surface area contributed by atoms with E-state index in [0.29, 0.717) is 23.6 Å². The smallest absolute Gasteiger partial charge is 0.338 e. The van der Waals surface area contributed by atoms with Gasteiger partial charge >= 0.3 is 5.97 Å². The normalized spacial score (nSPS) is 17.0. The molecule has 0 radical (unpaired) electrons. The number of methoxy groups -OCH3 is 2. The molecule has 0 aliphatic carbocycles. The quantitative estimate of drug-likeness (QED) is 0.779. The molecule has 0 bridgehead atoms. The lowest BCUT2D eigenvalue weighted by molar-refractivity contribution is 0.0269. The first-order valence-corrected chi connectivity index (χ1v) is 8.44. The molecule has 1 aliphatic rings. The van der Waals surface area contributed by atoms with Gasteiger partial charge in [-0.1, -0.05) is 18.2 Å². The van der Waals surface area contributed by atoms with Gasteiger partial charge in [-0.3, -0.25) is 0 Å². The van der Waals surface area contributed by atoms with Crippen molar-refractivity contribution < 1.29 is 19.0 Å². The molecule has 1 saturated heterocycles. The second-order valence-electron chi connectivity index (χ2n) is 6.02. The van der Waals surface area contributed by atoms with E-state index in [1.54, 1.807) is 32.4 Å². The Balaban J connectivity index is 1.66. The Labute approximate surface area is 148 Å². The van der Waals surface area contributed by atoms with Crippen LogP contribution in [-0.2, 0) is 4.74 Å². The Morgan fingerprint density at radius 2 is 1.80 bits per heavy atom. The molecule has 5 heteroatoms. The minimum atomic E-state index is -0.333. The molecule has 132 valence electrons. The molecule has 0 saturated carbocycles. The van der Waals surface area contributed by atoms with Crippen LogP contribution in [0.3, 0.4) is 0 Å². The van der Waals surface area contributed by atoms with Gasteiger partial charge in [-0.05, 0) is 43.2 Å². The number of esters is 1. The Hall–Kier alpha value is -2.69. The summed E-state index contributed by atoms with van der Waals surface area (Å²) in [4.78, 5) is 14.7. The number of nitrogens with zero attached hydrogens (tertiary/aromatic N) is 1. The number of benzene rings is 2. The highest BCUT2D eigenvalue weighted by Gasteiger charge is 2.24. The summed E-state index contributed by atoms with van der Waals surface area (Å²) in [6.07, 6.45) is 1.76. The molecule has 0 amide bonds. The van der Waals surface area contributed by atoms with Crippen LogP contribution >= 0.6 is 0 Å². The average molecular weight is 341 g/mol. The highest BCUT2D eigenvalue weighted by Crippen LogP contribution is 2.28. The first kappa shape index (κ1) is 17.1. The van der Waals surface area contributed by atoms with Gasteiger partial charge in [0.25, 0.3) is 0 Å². The molecule has 0 aromatic heterocycles. The zero-order chi connectivity index (χ0) is 17.6. The zero-order valence-corrected chi connectivity index (χ0v) is 14.6. The van der Waals surface area contributed by atoms with E-state index in [1.165, 1.54) is 0 Å². The molecule has 1 atom stereocenters. The molecule has 5 nitrogen and oxygen atoms in total. The average Bonchev–Trinajstić information content (AvgIpc) is 2.68.